The molecule has 2 saturated heterocycles. The van der Waals surface area contributed by atoms with Crippen LogP contribution in [0.2, 0.25) is 0 Å². The smallest absolute Gasteiger partial charge is 0.270 e. The molecule has 1 spiro atoms. The van der Waals surface area contributed by atoms with Gasteiger partial charge in [-0.25, -0.2) is 4.98 Å². The van der Waals surface area contributed by atoms with Gasteiger partial charge in [0, 0.05) is 36.3 Å². The lowest BCUT2D eigenvalue weighted by Crippen LogP contribution is -2.72. The van der Waals surface area contributed by atoms with Crippen molar-refractivity contribution in [3.63, 3.8) is 0 Å². The number of likely N-dealkylation sites (N-methyl/N-ethyl adjacent to an activating group) is 1. The van der Waals surface area contributed by atoms with Crippen LogP contribution in [0.1, 0.15) is 23.3 Å². The molecule has 4 heterocycles. The zero-order valence-electron chi connectivity index (χ0n) is 16.7. The largest absolute Gasteiger partial charge is 0.477 e. The first-order valence-electron chi connectivity index (χ1n) is 10.3. The van der Waals surface area contributed by atoms with Gasteiger partial charge in [-0.15, -0.1) is 0 Å². The van der Waals surface area contributed by atoms with Crippen LogP contribution in [0.25, 0.3) is 10.9 Å². The third kappa shape index (κ3) is 3.38. The van der Waals surface area contributed by atoms with Crippen LogP contribution in [0.5, 0.6) is 5.88 Å². The van der Waals surface area contributed by atoms with E-state index in [2.05, 4.69) is 21.9 Å². The lowest BCUT2D eigenvalue weighted by molar-refractivity contribution is -0.0697. The van der Waals surface area contributed by atoms with Crippen molar-refractivity contribution in [3.05, 3.63) is 60.4 Å². The number of carbonyl (C=O) groups excluding carboxylic acids is 1. The Kier molecular flexibility index (Phi) is 4.51. The zero-order valence-corrected chi connectivity index (χ0v) is 16.7. The quantitative estimate of drug-likeness (QED) is 0.743. The Morgan fingerprint density at radius 3 is 2.86 bits per heavy atom. The summed E-state index contributed by atoms with van der Waals surface area (Å²) in [6.45, 7) is 3.27. The minimum atomic E-state index is 0.0675. The topological polar surface area (TPSA) is 61.5 Å². The van der Waals surface area contributed by atoms with Gasteiger partial charge in [-0.05, 0) is 50.6 Å². The van der Waals surface area contributed by atoms with Gasteiger partial charge in [-0.3, -0.25) is 9.69 Å². The first-order chi connectivity index (χ1) is 14.1. The second-order valence-corrected chi connectivity index (χ2v) is 8.42. The molecule has 5 rings (SSSR count). The van der Waals surface area contributed by atoms with Crippen LogP contribution in [0.3, 0.4) is 0 Å². The lowest BCUT2D eigenvalue weighted by Gasteiger charge is -2.58. The predicted octanol–water partition coefficient (Wildman–Crippen LogP) is 3.18. The van der Waals surface area contributed by atoms with Crippen LogP contribution in [0, 0.1) is 5.92 Å². The highest BCUT2D eigenvalue weighted by molar-refractivity contribution is 5.98. The Morgan fingerprint density at radius 2 is 2.07 bits per heavy atom. The van der Waals surface area contributed by atoms with E-state index in [9.17, 15) is 4.79 Å². The number of hydrogen-bond acceptors (Lipinski definition) is 4. The Bertz CT molecular complexity index is 977. The molecule has 3 aromatic rings. The molecule has 0 unspecified atom stereocenters. The summed E-state index contributed by atoms with van der Waals surface area (Å²) in [6, 6.07) is 15.7. The number of piperidine rings is 1. The fourth-order valence-corrected chi connectivity index (χ4v) is 4.72. The number of H-pyrrole nitrogens is 1. The predicted molar refractivity (Wildman–Crippen MR) is 112 cm³/mol. The number of pyridine rings is 1. The SMILES string of the molecule is CN1CC[C@H](COc2ccccn2)CC12CN(C(=O)c1cc3ccccc3[nH]1)C2. The molecule has 1 amide bonds. The third-order valence-electron chi connectivity index (χ3n) is 6.47. The number of para-hydroxylation sites is 1. The molecule has 6 heteroatoms. The average Bonchev–Trinajstić information content (AvgIpc) is 3.16. The van der Waals surface area contributed by atoms with Crippen LogP contribution < -0.4 is 4.74 Å². The molecule has 0 aliphatic carbocycles. The maximum atomic E-state index is 13.0. The maximum Gasteiger partial charge on any atom is 0.270 e. The van der Waals surface area contributed by atoms with Gasteiger partial charge in [0.25, 0.3) is 5.91 Å². The van der Waals surface area contributed by atoms with Crippen molar-refractivity contribution in [2.45, 2.75) is 18.4 Å². The van der Waals surface area contributed by atoms with Crippen LogP contribution >= 0.6 is 0 Å². The summed E-state index contributed by atoms with van der Waals surface area (Å²) in [4.78, 5) is 24.9. The molecule has 6 nitrogen and oxygen atoms in total. The number of amides is 1. The van der Waals surface area contributed by atoms with Gasteiger partial charge >= 0.3 is 0 Å². The van der Waals surface area contributed by atoms with E-state index in [1.807, 2.05) is 53.4 Å². The number of nitrogens with one attached hydrogen (secondary N) is 1. The molecule has 0 saturated carbocycles. The monoisotopic (exact) mass is 390 g/mol. The molecule has 1 aromatic carbocycles. The van der Waals surface area contributed by atoms with Gasteiger partial charge < -0.3 is 14.6 Å². The molecule has 0 bridgehead atoms. The fourth-order valence-electron chi connectivity index (χ4n) is 4.72. The lowest BCUT2D eigenvalue weighted by atomic mass is 9.75. The summed E-state index contributed by atoms with van der Waals surface area (Å²) in [5, 5.41) is 1.08. The van der Waals surface area contributed by atoms with Gasteiger partial charge in [0.05, 0.1) is 12.1 Å². The van der Waals surface area contributed by atoms with Crippen LogP contribution in [0.15, 0.2) is 54.7 Å². The molecule has 2 aliphatic heterocycles. The van der Waals surface area contributed by atoms with E-state index in [0.29, 0.717) is 24.1 Å². The number of hydrogen-bond donors (Lipinski definition) is 1. The van der Waals surface area contributed by atoms with Crippen molar-refractivity contribution < 1.29 is 9.53 Å². The molecule has 1 atom stereocenters. The summed E-state index contributed by atoms with van der Waals surface area (Å²) >= 11 is 0. The molecular weight excluding hydrogens is 364 g/mol. The number of fused-ring (bicyclic) bond motifs is 1. The normalized spacial score (nSPS) is 21.3. The molecule has 1 N–H and O–H groups in total. The van der Waals surface area contributed by atoms with Crippen molar-refractivity contribution in [3.8, 4) is 5.88 Å². The number of carbonyl (C=O) groups is 1. The van der Waals surface area contributed by atoms with E-state index in [4.69, 9.17) is 4.74 Å². The van der Waals surface area contributed by atoms with E-state index >= 15 is 0 Å². The Hall–Kier alpha value is -2.86. The van der Waals surface area contributed by atoms with Crippen molar-refractivity contribution in [2.75, 3.05) is 33.3 Å². The number of likely N-dealkylation sites (tertiary alicyclic amines) is 2. The summed E-state index contributed by atoms with van der Waals surface area (Å²) in [6.07, 6.45) is 3.92. The first kappa shape index (κ1) is 18.2. The maximum absolute atomic E-state index is 13.0. The van der Waals surface area contributed by atoms with E-state index in [-0.39, 0.29) is 11.4 Å². The van der Waals surface area contributed by atoms with E-state index in [0.717, 1.165) is 43.4 Å². The summed E-state index contributed by atoms with van der Waals surface area (Å²) in [7, 11) is 2.18. The van der Waals surface area contributed by atoms with E-state index in [1.54, 1.807) is 6.20 Å². The summed E-state index contributed by atoms with van der Waals surface area (Å²) in [5.74, 6) is 1.26. The second kappa shape index (κ2) is 7.19. The van der Waals surface area contributed by atoms with Crippen molar-refractivity contribution in [2.24, 2.45) is 5.92 Å². The molecule has 29 heavy (non-hydrogen) atoms. The average molecular weight is 390 g/mol. The number of nitrogens with zero attached hydrogens (tertiary/aromatic N) is 3. The highest BCUT2D eigenvalue weighted by atomic mass is 16.5. The molecule has 0 radical (unpaired) electrons. The Labute approximate surface area is 170 Å². The van der Waals surface area contributed by atoms with Gasteiger partial charge in [-0.2, -0.15) is 0 Å². The van der Waals surface area contributed by atoms with E-state index in [1.165, 1.54) is 0 Å². The van der Waals surface area contributed by atoms with Crippen LogP contribution in [-0.4, -0.2) is 64.5 Å². The van der Waals surface area contributed by atoms with Crippen molar-refractivity contribution in [1.29, 1.82) is 0 Å². The molecule has 150 valence electrons. The number of rotatable bonds is 4. The second-order valence-electron chi connectivity index (χ2n) is 8.42. The van der Waals surface area contributed by atoms with Gasteiger partial charge in [-0.1, -0.05) is 24.3 Å². The zero-order chi connectivity index (χ0) is 19.8. The number of ether oxygens (including phenoxy) is 1. The third-order valence-corrected chi connectivity index (χ3v) is 6.47. The minimum absolute atomic E-state index is 0.0675. The fraction of sp³-hybridized carbons (Fsp3) is 0.391. The number of aromatic amines is 1. The van der Waals surface area contributed by atoms with Crippen LogP contribution in [0.4, 0.5) is 0 Å². The Balaban J connectivity index is 1.22. The standard InChI is InChI=1S/C23H26N4O2/c1-26-11-9-17(14-29-21-8-4-5-10-24-21)13-23(26)15-27(16-23)22(28)20-12-18-6-2-3-7-19(18)25-20/h2-8,10,12,17,25H,9,11,13-16H2,1H3/t17-/m0/s1. The van der Waals surface area contributed by atoms with Crippen molar-refractivity contribution in [1.82, 2.24) is 19.8 Å². The van der Waals surface area contributed by atoms with Gasteiger partial charge in [0.2, 0.25) is 5.88 Å². The molecular formula is C23H26N4O2. The van der Waals surface area contributed by atoms with Gasteiger partial charge in [0.15, 0.2) is 0 Å². The first-order valence-corrected chi connectivity index (χ1v) is 10.3. The summed E-state index contributed by atoms with van der Waals surface area (Å²) in [5.41, 5.74) is 1.75. The highest BCUT2D eigenvalue weighted by Gasteiger charge is 2.51. The van der Waals surface area contributed by atoms with Crippen LogP contribution in [-0.2, 0) is 0 Å². The van der Waals surface area contributed by atoms with E-state index < -0.39 is 0 Å². The number of benzene rings is 1. The van der Waals surface area contributed by atoms with Gasteiger partial charge in [0.1, 0.15) is 5.69 Å². The Morgan fingerprint density at radius 1 is 1.24 bits per heavy atom. The molecule has 2 aromatic heterocycles. The highest BCUT2D eigenvalue weighted by Crippen LogP contribution is 2.39. The van der Waals surface area contributed by atoms with Crippen molar-refractivity contribution >= 4 is 16.8 Å². The summed E-state index contributed by atoms with van der Waals surface area (Å²) < 4.78 is 5.90. The minimum Gasteiger partial charge on any atom is -0.477 e. The molecule has 2 aliphatic rings. The number of aromatic nitrogens is 2. The molecule has 2 fully saturated rings.